The van der Waals surface area contributed by atoms with Crippen LogP contribution in [0.4, 0.5) is 0 Å². The molecule has 90 valence electrons. The third kappa shape index (κ3) is 2.57. The van der Waals surface area contributed by atoms with Gasteiger partial charge in [-0.05, 0) is 38.5 Å². The van der Waals surface area contributed by atoms with Crippen LogP contribution in [0.1, 0.15) is 30.7 Å². The lowest BCUT2D eigenvalue weighted by atomic mass is 10.1. The van der Waals surface area contributed by atoms with Gasteiger partial charge in [0.05, 0.1) is 6.04 Å². The fourth-order valence-corrected chi connectivity index (χ4v) is 1.95. The van der Waals surface area contributed by atoms with Crippen LogP contribution < -0.4 is 11.3 Å². The first kappa shape index (κ1) is 11.9. The predicted octanol–water partition coefficient (Wildman–Crippen LogP) is 3.21. The van der Waals surface area contributed by atoms with Crippen molar-refractivity contribution in [3.63, 3.8) is 0 Å². The second kappa shape index (κ2) is 4.73. The summed E-state index contributed by atoms with van der Waals surface area (Å²) in [5, 5.41) is 1.11. The average molecular weight is 230 g/mol. The van der Waals surface area contributed by atoms with Gasteiger partial charge in [-0.3, -0.25) is 5.84 Å². The summed E-state index contributed by atoms with van der Waals surface area (Å²) in [5.41, 5.74) is 5.96. The minimum Gasteiger partial charge on any atom is -0.459 e. The van der Waals surface area contributed by atoms with Crippen LogP contribution in [0.25, 0.3) is 11.0 Å². The van der Waals surface area contributed by atoms with Crippen molar-refractivity contribution < 1.29 is 4.42 Å². The Balaban J connectivity index is 2.37. The molecule has 0 spiro atoms. The highest BCUT2D eigenvalue weighted by molar-refractivity contribution is 5.78. The molecule has 0 aliphatic carbocycles. The monoisotopic (exact) mass is 230 g/mol. The van der Waals surface area contributed by atoms with Crippen molar-refractivity contribution >= 4 is 11.0 Å². The van der Waals surface area contributed by atoms with Crippen molar-refractivity contribution in [2.45, 2.75) is 26.3 Å². The number of hydrogen-bond acceptors (Lipinski definition) is 3. The standard InChI is InChI=1S/C14H18N2O/c1-9(2)6-12(16-15)14-8-11-7-10(3)4-5-13(11)17-14/h4-5,7-8,12,16H,1,6,15H2,2-3H3. The topological polar surface area (TPSA) is 51.2 Å². The van der Waals surface area contributed by atoms with Crippen LogP contribution in [0, 0.1) is 6.92 Å². The van der Waals surface area contributed by atoms with Gasteiger partial charge in [0, 0.05) is 5.39 Å². The zero-order chi connectivity index (χ0) is 12.4. The van der Waals surface area contributed by atoms with Crippen LogP contribution in [0.5, 0.6) is 0 Å². The molecule has 0 radical (unpaired) electrons. The molecule has 0 fully saturated rings. The number of nitrogens with one attached hydrogen (secondary N) is 1. The van der Waals surface area contributed by atoms with Gasteiger partial charge in [-0.2, -0.15) is 0 Å². The summed E-state index contributed by atoms with van der Waals surface area (Å²) < 4.78 is 5.79. The van der Waals surface area contributed by atoms with Gasteiger partial charge in [-0.25, -0.2) is 5.43 Å². The van der Waals surface area contributed by atoms with Gasteiger partial charge < -0.3 is 4.42 Å². The minimum absolute atomic E-state index is 0.0137. The van der Waals surface area contributed by atoms with Gasteiger partial charge in [0.1, 0.15) is 11.3 Å². The smallest absolute Gasteiger partial charge is 0.134 e. The highest BCUT2D eigenvalue weighted by Gasteiger charge is 2.14. The lowest BCUT2D eigenvalue weighted by Gasteiger charge is -2.12. The van der Waals surface area contributed by atoms with Gasteiger partial charge in [0.2, 0.25) is 0 Å². The number of fused-ring (bicyclic) bond motifs is 1. The number of rotatable bonds is 4. The zero-order valence-electron chi connectivity index (χ0n) is 10.3. The van der Waals surface area contributed by atoms with Crippen molar-refractivity contribution in [1.82, 2.24) is 5.43 Å². The van der Waals surface area contributed by atoms with Crippen molar-refractivity contribution in [3.05, 3.63) is 47.7 Å². The van der Waals surface area contributed by atoms with Crippen LogP contribution in [0.2, 0.25) is 0 Å². The highest BCUT2D eigenvalue weighted by atomic mass is 16.3. The number of hydrogen-bond donors (Lipinski definition) is 2. The van der Waals surface area contributed by atoms with E-state index in [1.54, 1.807) is 0 Å². The summed E-state index contributed by atoms with van der Waals surface area (Å²) in [4.78, 5) is 0. The van der Waals surface area contributed by atoms with Crippen LogP contribution in [-0.4, -0.2) is 0 Å². The molecule has 2 rings (SSSR count). The molecule has 1 heterocycles. The van der Waals surface area contributed by atoms with Crippen LogP contribution in [0.15, 0.2) is 40.8 Å². The molecule has 0 bridgehead atoms. The lowest BCUT2D eigenvalue weighted by Crippen LogP contribution is -2.27. The average Bonchev–Trinajstić information content (AvgIpc) is 2.68. The Morgan fingerprint density at radius 1 is 1.47 bits per heavy atom. The normalized spacial score (nSPS) is 12.9. The van der Waals surface area contributed by atoms with E-state index in [2.05, 4.69) is 25.0 Å². The Morgan fingerprint density at radius 3 is 2.88 bits per heavy atom. The zero-order valence-corrected chi connectivity index (χ0v) is 10.3. The van der Waals surface area contributed by atoms with E-state index in [1.807, 2.05) is 25.1 Å². The summed E-state index contributed by atoms with van der Waals surface area (Å²) in [6, 6.07) is 8.16. The Morgan fingerprint density at radius 2 is 2.24 bits per heavy atom. The first-order valence-corrected chi connectivity index (χ1v) is 5.71. The Labute approximate surface area is 101 Å². The van der Waals surface area contributed by atoms with Crippen molar-refractivity contribution in [2.75, 3.05) is 0 Å². The van der Waals surface area contributed by atoms with E-state index in [9.17, 15) is 0 Å². The maximum Gasteiger partial charge on any atom is 0.134 e. The fourth-order valence-electron chi connectivity index (χ4n) is 1.95. The van der Waals surface area contributed by atoms with Gasteiger partial charge in [0.25, 0.3) is 0 Å². The van der Waals surface area contributed by atoms with E-state index < -0.39 is 0 Å². The molecule has 0 saturated heterocycles. The van der Waals surface area contributed by atoms with Crippen LogP contribution in [-0.2, 0) is 0 Å². The molecule has 1 unspecified atom stereocenters. The number of aryl methyl sites for hydroxylation is 1. The van der Waals surface area contributed by atoms with E-state index in [0.29, 0.717) is 0 Å². The largest absolute Gasteiger partial charge is 0.459 e. The first-order valence-electron chi connectivity index (χ1n) is 5.71. The molecule has 17 heavy (non-hydrogen) atoms. The molecule has 1 aromatic carbocycles. The molecule has 3 nitrogen and oxygen atoms in total. The van der Waals surface area contributed by atoms with E-state index in [0.717, 1.165) is 28.7 Å². The van der Waals surface area contributed by atoms with Gasteiger partial charge >= 0.3 is 0 Å². The van der Waals surface area contributed by atoms with Crippen LogP contribution in [0.3, 0.4) is 0 Å². The molecule has 1 aromatic heterocycles. The molecule has 3 heteroatoms. The van der Waals surface area contributed by atoms with Crippen LogP contribution >= 0.6 is 0 Å². The Hall–Kier alpha value is -1.58. The Bertz CT molecular complexity index is 542. The van der Waals surface area contributed by atoms with Gasteiger partial charge in [0.15, 0.2) is 0 Å². The molecule has 0 aliphatic heterocycles. The summed E-state index contributed by atoms with van der Waals surface area (Å²) in [5.74, 6) is 6.41. The predicted molar refractivity (Wildman–Crippen MR) is 70.4 cm³/mol. The summed E-state index contributed by atoms with van der Waals surface area (Å²) in [6.07, 6.45) is 0.773. The summed E-state index contributed by atoms with van der Waals surface area (Å²) in [6.45, 7) is 7.95. The van der Waals surface area contributed by atoms with Crippen molar-refractivity contribution in [2.24, 2.45) is 5.84 Å². The maximum absolute atomic E-state index is 5.79. The van der Waals surface area contributed by atoms with Crippen molar-refractivity contribution in [1.29, 1.82) is 0 Å². The highest BCUT2D eigenvalue weighted by Crippen LogP contribution is 2.27. The second-order valence-electron chi connectivity index (χ2n) is 4.57. The van der Waals surface area contributed by atoms with Crippen molar-refractivity contribution in [3.8, 4) is 0 Å². The van der Waals surface area contributed by atoms with Gasteiger partial charge in [-0.15, -0.1) is 6.58 Å². The van der Waals surface area contributed by atoms with E-state index in [4.69, 9.17) is 10.3 Å². The maximum atomic E-state index is 5.79. The molecule has 2 aromatic rings. The SMILES string of the molecule is C=C(C)CC(NN)c1cc2cc(C)ccc2o1. The molecular formula is C14H18N2O. The number of hydrazine groups is 1. The fraction of sp³-hybridized carbons (Fsp3) is 0.286. The third-order valence-corrected chi connectivity index (χ3v) is 2.79. The summed E-state index contributed by atoms with van der Waals surface area (Å²) in [7, 11) is 0. The van der Waals surface area contributed by atoms with E-state index >= 15 is 0 Å². The number of furan rings is 1. The summed E-state index contributed by atoms with van der Waals surface area (Å²) >= 11 is 0. The van der Waals surface area contributed by atoms with E-state index in [1.165, 1.54) is 5.56 Å². The molecular weight excluding hydrogens is 212 g/mol. The van der Waals surface area contributed by atoms with E-state index in [-0.39, 0.29) is 6.04 Å². The quantitative estimate of drug-likeness (QED) is 0.481. The van der Waals surface area contributed by atoms with Gasteiger partial charge in [-0.1, -0.05) is 17.2 Å². The molecule has 0 saturated carbocycles. The third-order valence-electron chi connectivity index (χ3n) is 2.79. The molecule has 0 amide bonds. The minimum atomic E-state index is -0.0137. The molecule has 3 N–H and O–H groups in total. The first-order chi connectivity index (χ1) is 8.10. The second-order valence-corrected chi connectivity index (χ2v) is 4.57. The number of nitrogens with two attached hydrogens (primary N) is 1. The number of benzene rings is 1. The lowest BCUT2D eigenvalue weighted by molar-refractivity contribution is 0.434. The molecule has 1 atom stereocenters. The Kier molecular flexibility index (Phi) is 3.31. The molecule has 0 aliphatic rings.